The molecule has 0 atom stereocenters. The summed E-state index contributed by atoms with van der Waals surface area (Å²) in [6.07, 6.45) is 1.87. The summed E-state index contributed by atoms with van der Waals surface area (Å²) < 4.78 is 0. The zero-order valence-corrected chi connectivity index (χ0v) is 12.2. The second kappa shape index (κ2) is 7.46. The van der Waals surface area contributed by atoms with Gasteiger partial charge in [-0.3, -0.25) is 4.90 Å². The fourth-order valence-corrected chi connectivity index (χ4v) is 2.37. The average molecular weight is 262 g/mol. The van der Waals surface area contributed by atoms with E-state index in [0.717, 1.165) is 57.5 Å². The Morgan fingerprint density at radius 2 is 2.00 bits per heavy atom. The van der Waals surface area contributed by atoms with Crippen molar-refractivity contribution in [1.82, 2.24) is 15.2 Å². The summed E-state index contributed by atoms with van der Waals surface area (Å²) in [5.74, 6) is 1.85. The molecule has 1 aromatic heterocycles. The first-order chi connectivity index (χ1) is 9.25. The van der Waals surface area contributed by atoms with Crippen LogP contribution in [-0.2, 0) is 0 Å². The summed E-state index contributed by atoms with van der Waals surface area (Å²) in [6, 6.07) is 6.13. The molecule has 1 N–H and O–H groups in total. The Bertz CT molecular complexity index is 344. The molecule has 0 amide bonds. The van der Waals surface area contributed by atoms with E-state index in [-0.39, 0.29) is 0 Å². The lowest BCUT2D eigenvalue weighted by atomic mass is 10.2. The molecule has 0 bridgehead atoms. The summed E-state index contributed by atoms with van der Waals surface area (Å²) in [5.41, 5.74) is 0. The van der Waals surface area contributed by atoms with Gasteiger partial charge in [0.25, 0.3) is 0 Å². The maximum absolute atomic E-state index is 4.42. The Kier molecular flexibility index (Phi) is 5.61. The zero-order valence-electron chi connectivity index (χ0n) is 12.2. The van der Waals surface area contributed by atoms with E-state index >= 15 is 0 Å². The van der Waals surface area contributed by atoms with E-state index in [9.17, 15) is 0 Å². The number of piperazine rings is 1. The van der Waals surface area contributed by atoms with Crippen LogP contribution in [0.15, 0.2) is 24.4 Å². The van der Waals surface area contributed by atoms with Crippen LogP contribution in [0.2, 0.25) is 0 Å². The highest BCUT2D eigenvalue weighted by atomic mass is 15.3. The Morgan fingerprint density at radius 3 is 2.63 bits per heavy atom. The normalized spacial score (nSPS) is 17.1. The van der Waals surface area contributed by atoms with Gasteiger partial charge in [0.2, 0.25) is 0 Å². The highest BCUT2D eigenvalue weighted by Gasteiger charge is 2.16. The smallest absolute Gasteiger partial charge is 0.128 e. The molecule has 1 aromatic rings. The van der Waals surface area contributed by atoms with Gasteiger partial charge in [0, 0.05) is 45.5 Å². The van der Waals surface area contributed by atoms with E-state index in [1.165, 1.54) is 0 Å². The van der Waals surface area contributed by atoms with Gasteiger partial charge in [-0.05, 0) is 24.6 Å². The van der Waals surface area contributed by atoms with Crippen molar-refractivity contribution in [2.45, 2.75) is 13.8 Å². The lowest BCUT2D eigenvalue weighted by molar-refractivity contribution is 0.256. The number of nitrogens with zero attached hydrogens (tertiary/aromatic N) is 3. The molecule has 1 saturated heterocycles. The minimum atomic E-state index is 0.737. The highest BCUT2D eigenvalue weighted by Crippen LogP contribution is 2.11. The topological polar surface area (TPSA) is 31.4 Å². The predicted octanol–water partition coefficient (Wildman–Crippen LogP) is 1.45. The quantitative estimate of drug-likeness (QED) is 0.786. The highest BCUT2D eigenvalue weighted by molar-refractivity contribution is 5.38. The van der Waals surface area contributed by atoms with Gasteiger partial charge in [-0.1, -0.05) is 19.9 Å². The molecule has 0 unspecified atom stereocenters. The number of aromatic nitrogens is 1. The van der Waals surface area contributed by atoms with E-state index in [4.69, 9.17) is 0 Å². The third kappa shape index (κ3) is 4.80. The van der Waals surface area contributed by atoms with E-state index in [1.807, 2.05) is 12.3 Å². The van der Waals surface area contributed by atoms with Crippen LogP contribution in [0.25, 0.3) is 0 Å². The molecule has 2 heterocycles. The van der Waals surface area contributed by atoms with Crippen molar-refractivity contribution in [3.63, 3.8) is 0 Å². The van der Waals surface area contributed by atoms with Gasteiger partial charge in [0.15, 0.2) is 0 Å². The van der Waals surface area contributed by atoms with Crippen LogP contribution in [0.1, 0.15) is 13.8 Å². The fraction of sp³-hybridized carbons (Fsp3) is 0.667. The Labute approximate surface area is 116 Å². The molecular formula is C15H26N4. The summed E-state index contributed by atoms with van der Waals surface area (Å²) in [7, 11) is 0. The lowest BCUT2D eigenvalue weighted by Crippen LogP contribution is -2.48. The van der Waals surface area contributed by atoms with Crippen LogP contribution in [0.5, 0.6) is 0 Å². The molecule has 4 heteroatoms. The minimum absolute atomic E-state index is 0.737. The molecular weight excluding hydrogens is 236 g/mol. The van der Waals surface area contributed by atoms with Crippen LogP contribution in [0.4, 0.5) is 5.82 Å². The molecule has 2 rings (SSSR count). The number of nitrogens with one attached hydrogen (secondary N) is 1. The van der Waals surface area contributed by atoms with Gasteiger partial charge < -0.3 is 10.2 Å². The standard InChI is InChI=1S/C15H26N4/c1-14(2)13-16-7-8-18-9-11-19(12-10-18)15-5-3-4-6-17-15/h3-6,14,16H,7-13H2,1-2H3. The lowest BCUT2D eigenvalue weighted by Gasteiger charge is -2.35. The van der Waals surface area contributed by atoms with E-state index < -0.39 is 0 Å². The molecule has 0 aliphatic carbocycles. The van der Waals surface area contributed by atoms with Crippen LogP contribution in [-0.4, -0.2) is 55.7 Å². The largest absolute Gasteiger partial charge is 0.354 e. The third-order valence-corrected chi connectivity index (χ3v) is 3.50. The molecule has 0 spiro atoms. The van der Waals surface area contributed by atoms with Crippen LogP contribution >= 0.6 is 0 Å². The molecule has 1 fully saturated rings. The number of hydrogen-bond acceptors (Lipinski definition) is 4. The first kappa shape index (κ1) is 14.3. The van der Waals surface area contributed by atoms with Crippen molar-refractivity contribution in [1.29, 1.82) is 0 Å². The Morgan fingerprint density at radius 1 is 1.21 bits per heavy atom. The van der Waals surface area contributed by atoms with Gasteiger partial charge in [-0.15, -0.1) is 0 Å². The molecule has 0 radical (unpaired) electrons. The predicted molar refractivity (Wildman–Crippen MR) is 80.6 cm³/mol. The Balaban J connectivity index is 1.65. The second-order valence-electron chi connectivity index (χ2n) is 5.61. The van der Waals surface area contributed by atoms with Crippen molar-refractivity contribution >= 4 is 5.82 Å². The second-order valence-corrected chi connectivity index (χ2v) is 5.61. The Hall–Kier alpha value is -1.13. The van der Waals surface area contributed by atoms with Crippen molar-refractivity contribution < 1.29 is 0 Å². The zero-order chi connectivity index (χ0) is 13.5. The van der Waals surface area contributed by atoms with E-state index in [1.54, 1.807) is 0 Å². The fourth-order valence-electron chi connectivity index (χ4n) is 2.37. The summed E-state index contributed by atoms with van der Waals surface area (Å²) >= 11 is 0. The maximum atomic E-state index is 4.42. The van der Waals surface area contributed by atoms with Gasteiger partial charge in [0.1, 0.15) is 5.82 Å². The first-order valence-corrected chi connectivity index (χ1v) is 7.35. The van der Waals surface area contributed by atoms with Gasteiger partial charge in [-0.25, -0.2) is 4.98 Å². The first-order valence-electron chi connectivity index (χ1n) is 7.35. The number of anilines is 1. The molecule has 19 heavy (non-hydrogen) atoms. The molecule has 4 nitrogen and oxygen atoms in total. The monoisotopic (exact) mass is 262 g/mol. The van der Waals surface area contributed by atoms with Crippen molar-refractivity contribution in [2.75, 3.05) is 50.7 Å². The number of hydrogen-bond donors (Lipinski definition) is 1. The van der Waals surface area contributed by atoms with Gasteiger partial charge >= 0.3 is 0 Å². The van der Waals surface area contributed by atoms with Crippen molar-refractivity contribution in [3.05, 3.63) is 24.4 Å². The van der Waals surface area contributed by atoms with E-state index in [0.29, 0.717) is 0 Å². The summed E-state index contributed by atoms with van der Waals surface area (Å²) in [4.78, 5) is 9.32. The minimum Gasteiger partial charge on any atom is -0.354 e. The SMILES string of the molecule is CC(C)CNCCN1CCN(c2ccccn2)CC1. The third-order valence-electron chi connectivity index (χ3n) is 3.50. The average Bonchev–Trinajstić information content (AvgIpc) is 2.45. The van der Waals surface area contributed by atoms with Gasteiger partial charge in [-0.2, -0.15) is 0 Å². The number of pyridine rings is 1. The molecule has 0 saturated carbocycles. The van der Waals surface area contributed by atoms with Crippen molar-refractivity contribution in [2.24, 2.45) is 5.92 Å². The summed E-state index contributed by atoms with van der Waals surface area (Å²) in [5, 5.41) is 3.51. The number of rotatable bonds is 6. The van der Waals surface area contributed by atoms with Gasteiger partial charge in [0.05, 0.1) is 0 Å². The van der Waals surface area contributed by atoms with Crippen LogP contribution in [0.3, 0.4) is 0 Å². The molecule has 106 valence electrons. The van der Waals surface area contributed by atoms with Crippen LogP contribution < -0.4 is 10.2 Å². The molecule has 1 aliphatic rings. The van der Waals surface area contributed by atoms with E-state index in [2.05, 4.69) is 46.1 Å². The van der Waals surface area contributed by atoms with Crippen molar-refractivity contribution in [3.8, 4) is 0 Å². The van der Waals surface area contributed by atoms with Crippen LogP contribution in [0, 0.1) is 5.92 Å². The molecule has 1 aliphatic heterocycles. The summed E-state index contributed by atoms with van der Waals surface area (Å²) in [6.45, 7) is 12.3. The maximum Gasteiger partial charge on any atom is 0.128 e. The molecule has 0 aromatic carbocycles.